The molecule has 56 valence electrons. The molecule has 0 atom stereocenters. The lowest BCUT2D eigenvalue weighted by molar-refractivity contribution is -0.603. The molecular weight excluding hydrogens is 164 g/mol. The number of hydrogen-bond donors (Lipinski definition) is 0. The molecule has 0 N–H and O–H groups in total. The fraction of sp³-hybridized carbons (Fsp3) is 0.143. The van der Waals surface area contributed by atoms with Crippen LogP contribution in [-0.2, 0) is 0 Å². The minimum Gasteiger partial charge on any atom is -0.618 e. The highest BCUT2D eigenvalue weighted by molar-refractivity contribution is 6.29. The summed E-state index contributed by atoms with van der Waals surface area (Å²) >= 11 is 5.55. The van der Waals surface area contributed by atoms with E-state index in [9.17, 15) is 5.21 Å². The minimum absolute atomic E-state index is 0.115. The zero-order chi connectivity index (χ0) is 8.43. The molecule has 0 amide bonds. The van der Waals surface area contributed by atoms with Gasteiger partial charge in [-0.2, -0.15) is 9.99 Å². The van der Waals surface area contributed by atoms with Crippen LogP contribution in [0.25, 0.3) is 0 Å². The maximum absolute atomic E-state index is 10.9. The van der Waals surface area contributed by atoms with E-state index < -0.39 is 0 Å². The third-order valence-electron chi connectivity index (χ3n) is 1.28. The first kappa shape index (κ1) is 7.83. The smallest absolute Gasteiger partial charge is 0.289 e. The van der Waals surface area contributed by atoms with Crippen LogP contribution in [0.3, 0.4) is 0 Å². The lowest BCUT2D eigenvalue weighted by Gasteiger charge is -2.00. The van der Waals surface area contributed by atoms with Gasteiger partial charge in [0.05, 0.1) is 0 Å². The first-order valence-corrected chi connectivity index (χ1v) is 3.32. The highest BCUT2D eigenvalue weighted by atomic mass is 35.5. The summed E-state index contributed by atoms with van der Waals surface area (Å²) in [5.41, 5.74) is 0.933. The molecule has 0 aliphatic heterocycles. The van der Waals surface area contributed by atoms with E-state index in [0.717, 1.165) is 6.20 Å². The summed E-state index contributed by atoms with van der Waals surface area (Å²) in [6, 6.07) is 3.42. The topological polar surface area (TPSA) is 50.7 Å². The molecule has 0 unspecified atom stereocenters. The second kappa shape index (κ2) is 2.77. The monoisotopic (exact) mass is 168 g/mol. The van der Waals surface area contributed by atoms with Crippen LogP contribution in [0.1, 0.15) is 11.1 Å². The third kappa shape index (κ3) is 1.41. The molecule has 3 nitrogen and oxygen atoms in total. The first-order chi connectivity index (χ1) is 5.15. The average molecular weight is 169 g/mol. The molecule has 0 saturated carbocycles. The third-order valence-corrected chi connectivity index (χ3v) is 1.74. The van der Waals surface area contributed by atoms with Gasteiger partial charge in [0, 0.05) is 5.56 Å². The van der Waals surface area contributed by atoms with Gasteiger partial charge in [0.25, 0.3) is 5.15 Å². The Morgan fingerprint density at radius 1 is 1.73 bits per heavy atom. The van der Waals surface area contributed by atoms with Crippen molar-refractivity contribution in [2.45, 2.75) is 6.92 Å². The SMILES string of the molecule is Cc1cc(C#N)c[n+]([O-])c1Cl. The maximum atomic E-state index is 10.9. The van der Waals surface area contributed by atoms with Crippen LogP contribution in [0.5, 0.6) is 0 Å². The molecule has 0 aliphatic carbocycles. The number of nitriles is 1. The van der Waals surface area contributed by atoms with Gasteiger partial charge in [0.2, 0.25) is 0 Å². The van der Waals surface area contributed by atoms with Crippen molar-refractivity contribution in [1.29, 1.82) is 5.26 Å². The van der Waals surface area contributed by atoms with Crippen LogP contribution in [0.15, 0.2) is 12.3 Å². The van der Waals surface area contributed by atoms with Gasteiger partial charge in [0.15, 0.2) is 6.20 Å². The summed E-state index contributed by atoms with van der Waals surface area (Å²) in [7, 11) is 0. The second-order valence-corrected chi connectivity index (χ2v) is 2.50. The lowest BCUT2D eigenvalue weighted by atomic mass is 10.2. The molecule has 1 aromatic rings. The standard InChI is InChI=1S/C7H5ClN2O/c1-5-2-6(3-9)4-10(11)7(5)8/h2,4H,1H3. The summed E-state index contributed by atoms with van der Waals surface area (Å²) in [5, 5.41) is 19.4. The molecule has 1 rings (SSSR count). The summed E-state index contributed by atoms with van der Waals surface area (Å²) < 4.78 is 0.482. The van der Waals surface area contributed by atoms with E-state index in [2.05, 4.69) is 0 Å². The van der Waals surface area contributed by atoms with Crippen LogP contribution in [0.4, 0.5) is 0 Å². The minimum atomic E-state index is 0.115. The van der Waals surface area contributed by atoms with E-state index in [4.69, 9.17) is 16.9 Å². The predicted octanol–water partition coefficient (Wildman–Crippen LogP) is 1.15. The number of aromatic nitrogens is 1. The van der Waals surface area contributed by atoms with Crippen LogP contribution in [0.2, 0.25) is 5.15 Å². The van der Waals surface area contributed by atoms with Crippen molar-refractivity contribution in [2.75, 3.05) is 0 Å². The first-order valence-electron chi connectivity index (χ1n) is 2.94. The van der Waals surface area contributed by atoms with Crippen molar-refractivity contribution < 1.29 is 4.73 Å². The van der Waals surface area contributed by atoms with Crippen molar-refractivity contribution in [3.8, 4) is 6.07 Å². The number of rotatable bonds is 0. The Kier molecular flexibility index (Phi) is 1.97. The molecule has 4 heteroatoms. The number of hydrogen-bond acceptors (Lipinski definition) is 2. The Labute approximate surface area is 69.0 Å². The Morgan fingerprint density at radius 3 is 2.82 bits per heavy atom. The highest BCUT2D eigenvalue weighted by Gasteiger charge is 2.07. The highest BCUT2D eigenvalue weighted by Crippen LogP contribution is 2.09. The van der Waals surface area contributed by atoms with Crippen molar-refractivity contribution in [1.82, 2.24) is 0 Å². The second-order valence-electron chi connectivity index (χ2n) is 2.14. The van der Waals surface area contributed by atoms with Crippen LogP contribution < -0.4 is 4.73 Å². The Bertz CT molecular complexity index is 307. The molecule has 0 spiro atoms. The molecule has 0 aromatic carbocycles. The zero-order valence-electron chi connectivity index (χ0n) is 5.84. The molecule has 11 heavy (non-hydrogen) atoms. The van der Waals surface area contributed by atoms with Gasteiger partial charge in [-0.25, -0.2) is 0 Å². The number of halogens is 1. The Morgan fingerprint density at radius 2 is 2.36 bits per heavy atom. The van der Waals surface area contributed by atoms with Crippen LogP contribution >= 0.6 is 11.6 Å². The number of nitrogens with zero attached hydrogens (tertiary/aromatic N) is 2. The van der Waals surface area contributed by atoms with E-state index in [1.807, 2.05) is 6.07 Å². The van der Waals surface area contributed by atoms with Gasteiger partial charge in [-0.1, -0.05) is 0 Å². The van der Waals surface area contributed by atoms with Gasteiger partial charge in [-0.3, -0.25) is 0 Å². The fourth-order valence-corrected chi connectivity index (χ4v) is 0.851. The van der Waals surface area contributed by atoms with Crippen molar-refractivity contribution in [2.24, 2.45) is 0 Å². The Hall–Kier alpha value is -1.27. The van der Waals surface area contributed by atoms with E-state index in [-0.39, 0.29) is 5.15 Å². The molecule has 0 saturated heterocycles. The number of pyridine rings is 1. The molecule has 1 heterocycles. The van der Waals surface area contributed by atoms with E-state index >= 15 is 0 Å². The predicted molar refractivity (Wildman–Crippen MR) is 39.9 cm³/mol. The van der Waals surface area contributed by atoms with Gasteiger partial charge in [0.1, 0.15) is 11.6 Å². The van der Waals surface area contributed by atoms with Gasteiger partial charge in [-0.05, 0) is 24.6 Å². The summed E-state index contributed by atoms with van der Waals surface area (Å²) in [5.74, 6) is 0. The fourth-order valence-electron chi connectivity index (χ4n) is 0.748. The summed E-state index contributed by atoms with van der Waals surface area (Å²) in [4.78, 5) is 0. The van der Waals surface area contributed by atoms with Crippen molar-refractivity contribution in [3.63, 3.8) is 0 Å². The summed E-state index contributed by atoms with van der Waals surface area (Å²) in [6.07, 6.45) is 1.15. The molecule has 0 fully saturated rings. The molecular formula is C7H5ClN2O. The van der Waals surface area contributed by atoms with E-state index in [1.54, 1.807) is 13.0 Å². The van der Waals surface area contributed by atoms with Gasteiger partial charge in [-0.15, -0.1) is 0 Å². The quantitative estimate of drug-likeness (QED) is 0.332. The molecule has 0 radical (unpaired) electrons. The van der Waals surface area contributed by atoms with Crippen LogP contribution in [0, 0.1) is 23.5 Å². The van der Waals surface area contributed by atoms with Gasteiger partial charge < -0.3 is 5.21 Å². The van der Waals surface area contributed by atoms with Crippen molar-refractivity contribution >= 4 is 11.6 Å². The molecule has 1 aromatic heterocycles. The normalized spacial score (nSPS) is 9.18. The largest absolute Gasteiger partial charge is 0.618 e. The molecule has 0 bridgehead atoms. The van der Waals surface area contributed by atoms with Crippen LogP contribution in [-0.4, -0.2) is 0 Å². The number of aryl methyl sites for hydroxylation is 1. The van der Waals surface area contributed by atoms with Crippen molar-refractivity contribution in [3.05, 3.63) is 33.8 Å². The summed E-state index contributed by atoms with van der Waals surface area (Å²) in [6.45, 7) is 1.68. The average Bonchev–Trinajstić information content (AvgIpc) is 1.99. The van der Waals surface area contributed by atoms with E-state index in [0.29, 0.717) is 15.9 Å². The van der Waals surface area contributed by atoms with Gasteiger partial charge >= 0.3 is 0 Å². The zero-order valence-corrected chi connectivity index (χ0v) is 6.59. The lowest BCUT2D eigenvalue weighted by Crippen LogP contribution is -2.28. The van der Waals surface area contributed by atoms with E-state index in [1.165, 1.54) is 0 Å². The Balaban J connectivity index is 3.35. The maximum Gasteiger partial charge on any atom is 0.289 e. The molecule has 0 aliphatic rings.